The number of methoxy groups -OCH3 is 1. The topological polar surface area (TPSA) is 44.5 Å². The average Bonchev–Trinajstić information content (AvgIpc) is 2.52. The molecule has 0 heterocycles. The van der Waals surface area contributed by atoms with Gasteiger partial charge < -0.3 is 15.2 Å². The fourth-order valence-corrected chi connectivity index (χ4v) is 2.14. The molecule has 0 fully saturated rings. The third kappa shape index (κ3) is 5.94. The Kier molecular flexibility index (Phi) is 7.38. The van der Waals surface area contributed by atoms with Crippen molar-refractivity contribution in [3.05, 3.63) is 59.7 Å². The van der Waals surface area contributed by atoms with E-state index in [1.54, 1.807) is 6.07 Å². The largest absolute Gasteiger partial charge is 0.493 e. The highest BCUT2D eigenvalue weighted by Crippen LogP contribution is 2.34. The first-order chi connectivity index (χ1) is 10.9. The van der Waals surface area contributed by atoms with E-state index >= 15 is 0 Å². The summed E-state index contributed by atoms with van der Waals surface area (Å²) in [5, 5.41) is 0. The normalized spacial score (nSPS) is 12.2. The summed E-state index contributed by atoms with van der Waals surface area (Å²) < 4.78 is 48.3. The van der Waals surface area contributed by atoms with Crippen LogP contribution < -0.4 is 15.2 Å². The van der Waals surface area contributed by atoms with E-state index in [-0.39, 0.29) is 19.0 Å². The molecular formula is C17H19ClF3NO2. The Morgan fingerprint density at radius 1 is 1.04 bits per heavy atom. The van der Waals surface area contributed by atoms with Crippen molar-refractivity contribution in [3.63, 3.8) is 0 Å². The van der Waals surface area contributed by atoms with Crippen LogP contribution in [0.5, 0.6) is 11.5 Å². The molecule has 0 aliphatic rings. The van der Waals surface area contributed by atoms with E-state index in [1.807, 2.05) is 30.3 Å². The summed E-state index contributed by atoms with van der Waals surface area (Å²) in [4.78, 5) is 0. The molecule has 0 spiro atoms. The monoisotopic (exact) mass is 361 g/mol. The average molecular weight is 362 g/mol. The first-order valence-corrected chi connectivity index (χ1v) is 7.06. The summed E-state index contributed by atoms with van der Waals surface area (Å²) in [6, 6.07) is 12.9. The molecule has 7 heteroatoms. The zero-order valence-corrected chi connectivity index (χ0v) is 13.9. The molecule has 132 valence electrons. The SMILES string of the molecule is COc1ccc([C@@H](N)CC(F)(F)F)cc1OCc1ccccc1.Cl. The van der Waals surface area contributed by atoms with Gasteiger partial charge in [0.2, 0.25) is 0 Å². The molecule has 0 saturated carbocycles. The van der Waals surface area contributed by atoms with Crippen LogP contribution in [-0.2, 0) is 6.61 Å². The third-order valence-corrected chi connectivity index (χ3v) is 3.30. The predicted octanol–water partition coefficient (Wildman–Crippen LogP) is 4.65. The lowest BCUT2D eigenvalue weighted by molar-refractivity contribution is -0.138. The molecule has 0 aromatic heterocycles. The maximum absolute atomic E-state index is 12.5. The fourth-order valence-electron chi connectivity index (χ4n) is 2.14. The Bertz CT molecular complexity index is 635. The van der Waals surface area contributed by atoms with Crippen LogP contribution >= 0.6 is 12.4 Å². The Labute approximate surface area is 145 Å². The Balaban J connectivity index is 0.00000288. The van der Waals surface area contributed by atoms with Crippen molar-refractivity contribution < 1.29 is 22.6 Å². The number of hydrogen-bond acceptors (Lipinski definition) is 3. The van der Waals surface area contributed by atoms with Gasteiger partial charge >= 0.3 is 6.18 Å². The van der Waals surface area contributed by atoms with Gasteiger partial charge in [-0.3, -0.25) is 0 Å². The molecular weight excluding hydrogens is 343 g/mol. The first-order valence-electron chi connectivity index (χ1n) is 7.06. The summed E-state index contributed by atoms with van der Waals surface area (Å²) in [7, 11) is 1.47. The number of ether oxygens (including phenoxy) is 2. The molecule has 0 radical (unpaired) electrons. The summed E-state index contributed by atoms with van der Waals surface area (Å²) in [5.74, 6) is 0.815. The van der Waals surface area contributed by atoms with E-state index in [9.17, 15) is 13.2 Å². The van der Waals surface area contributed by atoms with Gasteiger partial charge in [-0.25, -0.2) is 0 Å². The maximum Gasteiger partial charge on any atom is 0.390 e. The quantitative estimate of drug-likeness (QED) is 0.814. The van der Waals surface area contributed by atoms with Gasteiger partial charge in [0.1, 0.15) is 6.61 Å². The van der Waals surface area contributed by atoms with Crippen molar-refractivity contribution in [1.29, 1.82) is 0 Å². The van der Waals surface area contributed by atoms with E-state index in [0.29, 0.717) is 17.1 Å². The highest BCUT2D eigenvalue weighted by Gasteiger charge is 2.31. The molecule has 0 amide bonds. The molecule has 0 aliphatic carbocycles. The number of hydrogen-bond donors (Lipinski definition) is 1. The lowest BCUT2D eigenvalue weighted by atomic mass is 10.0. The van der Waals surface area contributed by atoms with Gasteiger partial charge in [-0.2, -0.15) is 13.2 Å². The number of nitrogens with two attached hydrogens (primary N) is 1. The zero-order chi connectivity index (χ0) is 16.9. The van der Waals surface area contributed by atoms with Crippen LogP contribution in [0.25, 0.3) is 0 Å². The van der Waals surface area contributed by atoms with Crippen molar-refractivity contribution in [1.82, 2.24) is 0 Å². The fraction of sp³-hybridized carbons (Fsp3) is 0.294. The lowest BCUT2D eigenvalue weighted by Gasteiger charge is -2.17. The van der Waals surface area contributed by atoms with E-state index in [4.69, 9.17) is 15.2 Å². The van der Waals surface area contributed by atoms with Gasteiger partial charge in [0.15, 0.2) is 11.5 Å². The van der Waals surface area contributed by atoms with Gasteiger partial charge in [0, 0.05) is 6.04 Å². The van der Waals surface area contributed by atoms with Crippen LogP contribution in [0.4, 0.5) is 13.2 Å². The van der Waals surface area contributed by atoms with Crippen LogP contribution in [0.2, 0.25) is 0 Å². The van der Waals surface area contributed by atoms with Gasteiger partial charge in [-0.05, 0) is 23.3 Å². The Hall–Kier alpha value is -1.92. The first kappa shape index (κ1) is 20.1. The minimum absolute atomic E-state index is 0. The minimum atomic E-state index is -4.32. The van der Waals surface area contributed by atoms with E-state index in [1.165, 1.54) is 19.2 Å². The van der Waals surface area contributed by atoms with Crippen molar-refractivity contribution in [3.8, 4) is 11.5 Å². The van der Waals surface area contributed by atoms with Gasteiger partial charge in [0.05, 0.1) is 13.5 Å². The molecule has 0 aliphatic heterocycles. The van der Waals surface area contributed by atoms with Crippen molar-refractivity contribution in [2.75, 3.05) is 7.11 Å². The summed E-state index contributed by atoms with van der Waals surface area (Å²) in [6.45, 7) is 0.287. The van der Waals surface area contributed by atoms with E-state index in [2.05, 4.69) is 0 Å². The Morgan fingerprint density at radius 2 is 1.71 bits per heavy atom. The molecule has 3 nitrogen and oxygen atoms in total. The van der Waals surface area contributed by atoms with Crippen LogP contribution in [-0.4, -0.2) is 13.3 Å². The smallest absolute Gasteiger partial charge is 0.390 e. The van der Waals surface area contributed by atoms with Gasteiger partial charge in [-0.1, -0.05) is 36.4 Å². The van der Waals surface area contributed by atoms with Crippen molar-refractivity contribution >= 4 is 12.4 Å². The molecule has 2 aromatic rings. The Morgan fingerprint density at radius 3 is 2.29 bits per heavy atom. The van der Waals surface area contributed by atoms with Gasteiger partial charge in [-0.15, -0.1) is 12.4 Å². The van der Waals surface area contributed by atoms with Crippen molar-refractivity contribution in [2.24, 2.45) is 5.73 Å². The lowest BCUT2D eigenvalue weighted by Crippen LogP contribution is -2.20. The molecule has 0 saturated heterocycles. The van der Waals surface area contributed by atoms with Gasteiger partial charge in [0.25, 0.3) is 0 Å². The number of halogens is 4. The van der Waals surface area contributed by atoms with Crippen LogP contribution in [0.15, 0.2) is 48.5 Å². The molecule has 2 N–H and O–H groups in total. The minimum Gasteiger partial charge on any atom is -0.493 e. The molecule has 1 atom stereocenters. The predicted molar refractivity (Wildman–Crippen MR) is 88.6 cm³/mol. The zero-order valence-electron chi connectivity index (χ0n) is 13.0. The van der Waals surface area contributed by atoms with Crippen molar-refractivity contribution in [2.45, 2.75) is 25.2 Å². The van der Waals surface area contributed by atoms with E-state index < -0.39 is 18.6 Å². The molecule has 2 aromatic carbocycles. The number of rotatable bonds is 6. The summed E-state index contributed by atoms with van der Waals surface area (Å²) in [6.07, 6.45) is -5.40. The second-order valence-electron chi connectivity index (χ2n) is 5.11. The second kappa shape index (κ2) is 8.80. The van der Waals surface area contributed by atoms with Crippen LogP contribution in [0.1, 0.15) is 23.6 Å². The van der Waals surface area contributed by atoms with E-state index in [0.717, 1.165) is 5.56 Å². The number of alkyl halides is 3. The molecule has 24 heavy (non-hydrogen) atoms. The van der Waals surface area contributed by atoms with Crippen LogP contribution in [0, 0.1) is 0 Å². The highest BCUT2D eigenvalue weighted by atomic mass is 35.5. The standard InChI is InChI=1S/C17H18F3NO2.ClH/c1-22-15-8-7-13(14(21)10-17(18,19)20)9-16(15)23-11-12-5-3-2-4-6-12;/h2-9,14H,10-11,21H2,1H3;1H/t14-;/m0./s1. The maximum atomic E-state index is 12.5. The summed E-state index contributed by atoms with van der Waals surface area (Å²) in [5.41, 5.74) is 6.93. The third-order valence-electron chi connectivity index (χ3n) is 3.30. The molecule has 0 unspecified atom stereocenters. The summed E-state index contributed by atoms with van der Waals surface area (Å²) >= 11 is 0. The molecule has 0 bridgehead atoms. The number of benzene rings is 2. The highest BCUT2D eigenvalue weighted by molar-refractivity contribution is 5.85. The molecule has 2 rings (SSSR count). The second-order valence-corrected chi connectivity index (χ2v) is 5.11. The van der Waals surface area contributed by atoms with Crippen LogP contribution in [0.3, 0.4) is 0 Å².